The Bertz CT molecular complexity index is 218. The number of carboxylic acids is 1. The van der Waals surface area contributed by atoms with Gasteiger partial charge in [0.2, 0.25) is 0 Å². The minimum absolute atomic E-state index is 0.130. The molecule has 0 aliphatic heterocycles. The molecule has 0 radical (unpaired) electrons. The molecule has 15 heavy (non-hydrogen) atoms. The SMILES string of the molecule is COCC(NC1CCC1C(=O)O)C(C)C. The van der Waals surface area contributed by atoms with Crippen molar-refractivity contribution in [2.75, 3.05) is 13.7 Å². The first kappa shape index (κ1) is 12.5. The molecule has 0 aromatic rings. The van der Waals surface area contributed by atoms with E-state index in [1.54, 1.807) is 7.11 Å². The highest BCUT2D eigenvalue weighted by Gasteiger charge is 2.37. The molecule has 4 nitrogen and oxygen atoms in total. The largest absolute Gasteiger partial charge is 0.481 e. The fourth-order valence-electron chi connectivity index (χ4n) is 1.88. The Morgan fingerprint density at radius 3 is 2.53 bits per heavy atom. The lowest BCUT2D eigenvalue weighted by Gasteiger charge is -2.38. The van der Waals surface area contributed by atoms with Gasteiger partial charge >= 0.3 is 5.97 Å². The molecule has 0 spiro atoms. The number of rotatable bonds is 6. The topological polar surface area (TPSA) is 58.6 Å². The summed E-state index contributed by atoms with van der Waals surface area (Å²) in [5, 5.41) is 12.3. The lowest BCUT2D eigenvalue weighted by atomic mass is 9.79. The molecule has 0 bridgehead atoms. The predicted octanol–water partition coefficient (Wildman–Crippen LogP) is 1.11. The molecule has 1 fully saturated rings. The van der Waals surface area contributed by atoms with Crippen molar-refractivity contribution in [2.45, 2.75) is 38.8 Å². The van der Waals surface area contributed by atoms with Crippen LogP contribution in [0.25, 0.3) is 0 Å². The van der Waals surface area contributed by atoms with Gasteiger partial charge in [0.05, 0.1) is 12.5 Å². The van der Waals surface area contributed by atoms with Crippen LogP contribution in [0.5, 0.6) is 0 Å². The van der Waals surface area contributed by atoms with Gasteiger partial charge in [0.15, 0.2) is 0 Å². The second-order valence-corrected chi connectivity index (χ2v) is 4.60. The third-order valence-corrected chi connectivity index (χ3v) is 3.17. The van der Waals surface area contributed by atoms with E-state index in [9.17, 15) is 4.79 Å². The number of hydrogen-bond acceptors (Lipinski definition) is 3. The second kappa shape index (κ2) is 5.47. The molecule has 2 N–H and O–H groups in total. The molecule has 1 aliphatic rings. The van der Waals surface area contributed by atoms with E-state index in [1.165, 1.54) is 0 Å². The van der Waals surface area contributed by atoms with Crippen molar-refractivity contribution in [2.24, 2.45) is 11.8 Å². The second-order valence-electron chi connectivity index (χ2n) is 4.60. The van der Waals surface area contributed by atoms with Gasteiger partial charge in [0, 0.05) is 19.2 Å². The molecule has 0 aromatic carbocycles. The van der Waals surface area contributed by atoms with Crippen molar-refractivity contribution < 1.29 is 14.6 Å². The Labute approximate surface area is 91.0 Å². The van der Waals surface area contributed by atoms with Crippen LogP contribution in [0.1, 0.15) is 26.7 Å². The summed E-state index contributed by atoms with van der Waals surface area (Å²) in [6.45, 7) is 4.87. The van der Waals surface area contributed by atoms with Gasteiger partial charge in [-0.2, -0.15) is 0 Å². The predicted molar refractivity (Wildman–Crippen MR) is 57.8 cm³/mol. The first-order valence-electron chi connectivity index (χ1n) is 5.54. The fraction of sp³-hybridized carbons (Fsp3) is 0.909. The van der Waals surface area contributed by atoms with Crippen molar-refractivity contribution in [1.29, 1.82) is 0 Å². The summed E-state index contributed by atoms with van der Waals surface area (Å²) in [4.78, 5) is 10.8. The Balaban J connectivity index is 2.41. The molecule has 1 saturated carbocycles. The molecule has 0 amide bonds. The summed E-state index contributed by atoms with van der Waals surface area (Å²) in [7, 11) is 1.67. The number of nitrogens with one attached hydrogen (secondary N) is 1. The van der Waals surface area contributed by atoms with Crippen molar-refractivity contribution in [3.8, 4) is 0 Å². The van der Waals surface area contributed by atoms with Crippen LogP contribution in [0.15, 0.2) is 0 Å². The van der Waals surface area contributed by atoms with Crippen molar-refractivity contribution in [3.63, 3.8) is 0 Å². The van der Waals surface area contributed by atoms with Gasteiger partial charge < -0.3 is 15.2 Å². The summed E-state index contributed by atoms with van der Waals surface area (Å²) in [6.07, 6.45) is 1.76. The van der Waals surface area contributed by atoms with E-state index >= 15 is 0 Å². The lowest BCUT2D eigenvalue weighted by molar-refractivity contribution is -0.146. The minimum atomic E-state index is -0.682. The summed E-state index contributed by atoms with van der Waals surface area (Å²) in [5.41, 5.74) is 0. The van der Waals surface area contributed by atoms with Gasteiger partial charge in [-0.3, -0.25) is 4.79 Å². The number of carboxylic acid groups (broad SMARTS) is 1. The Hall–Kier alpha value is -0.610. The van der Waals surface area contributed by atoms with Crippen LogP contribution in [0.2, 0.25) is 0 Å². The quantitative estimate of drug-likeness (QED) is 0.697. The van der Waals surface area contributed by atoms with E-state index in [1.807, 2.05) is 0 Å². The number of aliphatic carboxylic acids is 1. The molecule has 1 aliphatic carbocycles. The average molecular weight is 215 g/mol. The number of hydrogen-bond donors (Lipinski definition) is 2. The number of ether oxygens (including phenoxy) is 1. The van der Waals surface area contributed by atoms with Crippen LogP contribution in [-0.2, 0) is 9.53 Å². The van der Waals surface area contributed by atoms with Crippen LogP contribution in [0, 0.1) is 11.8 Å². The maximum atomic E-state index is 10.8. The van der Waals surface area contributed by atoms with Gasteiger partial charge in [-0.05, 0) is 18.8 Å². The van der Waals surface area contributed by atoms with Crippen molar-refractivity contribution >= 4 is 5.97 Å². The van der Waals surface area contributed by atoms with Gasteiger partial charge in [-0.25, -0.2) is 0 Å². The van der Waals surface area contributed by atoms with E-state index in [4.69, 9.17) is 9.84 Å². The van der Waals surface area contributed by atoms with E-state index < -0.39 is 5.97 Å². The van der Waals surface area contributed by atoms with Gasteiger partial charge in [0.1, 0.15) is 0 Å². The van der Waals surface area contributed by atoms with Crippen LogP contribution >= 0.6 is 0 Å². The van der Waals surface area contributed by atoms with E-state index in [-0.39, 0.29) is 18.0 Å². The molecule has 3 atom stereocenters. The molecular formula is C11H21NO3. The van der Waals surface area contributed by atoms with E-state index in [2.05, 4.69) is 19.2 Å². The summed E-state index contributed by atoms with van der Waals surface area (Å²) < 4.78 is 5.12. The first-order valence-corrected chi connectivity index (χ1v) is 5.54. The molecule has 0 heterocycles. The molecule has 88 valence electrons. The molecule has 0 saturated heterocycles. The summed E-state index contributed by atoms with van der Waals surface area (Å²) in [6, 6.07) is 0.382. The maximum Gasteiger partial charge on any atom is 0.308 e. The minimum Gasteiger partial charge on any atom is -0.481 e. The number of carbonyl (C=O) groups is 1. The van der Waals surface area contributed by atoms with Crippen molar-refractivity contribution in [1.82, 2.24) is 5.32 Å². The molecular weight excluding hydrogens is 194 g/mol. The number of methoxy groups -OCH3 is 1. The zero-order valence-electron chi connectivity index (χ0n) is 9.69. The third kappa shape index (κ3) is 3.18. The van der Waals surface area contributed by atoms with Gasteiger partial charge in [-0.15, -0.1) is 0 Å². The van der Waals surface area contributed by atoms with Gasteiger partial charge in [0.25, 0.3) is 0 Å². The van der Waals surface area contributed by atoms with Crippen molar-refractivity contribution in [3.05, 3.63) is 0 Å². The lowest BCUT2D eigenvalue weighted by Crippen LogP contribution is -2.54. The first-order chi connectivity index (χ1) is 7.06. The molecule has 4 heteroatoms. The Kier molecular flexibility index (Phi) is 4.54. The van der Waals surface area contributed by atoms with Gasteiger partial charge in [-0.1, -0.05) is 13.8 Å². The fourth-order valence-corrected chi connectivity index (χ4v) is 1.88. The highest BCUT2D eigenvalue weighted by Crippen LogP contribution is 2.28. The smallest absolute Gasteiger partial charge is 0.308 e. The normalized spacial score (nSPS) is 27.5. The maximum absolute atomic E-state index is 10.8. The Morgan fingerprint density at radius 2 is 2.20 bits per heavy atom. The monoisotopic (exact) mass is 215 g/mol. The molecule has 3 unspecified atom stereocenters. The van der Waals surface area contributed by atoms with E-state index in [0.29, 0.717) is 12.5 Å². The van der Waals surface area contributed by atoms with Crippen LogP contribution in [-0.4, -0.2) is 36.9 Å². The summed E-state index contributed by atoms with van der Waals surface area (Å²) in [5.74, 6) is -0.429. The Morgan fingerprint density at radius 1 is 1.53 bits per heavy atom. The standard InChI is InChI=1S/C11H21NO3/c1-7(2)10(6-15-3)12-9-5-4-8(9)11(13)14/h7-10,12H,4-6H2,1-3H3,(H,13,14). The third-order valence-electron chi connectivity index (χ3n) is 3.17. The zero-order chi connectivity index (χ0) is 11.4. The molecule has 1 rings (SSSR count). The van der Waals surface area contributed by atoms with Crippen LogP contribution < -0.4 is 5.32 Å². The van der Waals surface area contributed by atoms with Crippen LogP contribution in [0.4, 0.5) is 0 Å². The van der Waals surface area contributed by atoms with E-state index in [0.717, 1.165) is 12.8 Å². The van der Waals surface area contributed by atoms with Crippen LogP contribution in [0.3, 0.4) is 0 Å². The average Bonchev–Trinajstić information content (AvgIpc) is 2.08. The highest BCUT2D eigenvalue weighted by atomic mass is 16.5. The summed E-state index contributed by atoms with van der Waals surface area (Å²) >= 11 is 0. The highest BCUT2D eigenvalue weighted by molar-refractivity contribution is 5.72. The zero-order valence-corrected chi connectivity index (χ0v) is 9.69. The molecule has 0 aromatic heterocycles.